The topological polar surface area (TPSA) is 107 Å². The van der Waals surface area contributed by atoms with E-state index in [1.54, 1.807) is 43.7 Å². The molecule has 29 heavy (non-hydrogen) atoms. The van der Waals surface area contributed by atoms with E-state index in [1.165, 1.54) is 41.8 Å². The molecule has 3 aromatic rings. The Kier molecular flexibility index (Phi) is 6.35. The van der Waals surface area contributed by atoms with Crippen molar-refractivity contribution in [1.82, 2.24) is 4.98 Å². The molecule has 0 radical (unpaired) electrons. The number of carbonyl (C=O) groups excluding carboxylic acids is 1. The van der Waals surface area contributed by atoms with E-state index in [0.29, 0.717) is 17.2 Å². The molecule has 10 heteroatoms. The van der Waals surface area contributed by atoms with Crippen LogP contribution in [-0.2, 0) is 14.8 Å². The normalized spacial score (nSPS) is 12.1. The van der Waals surface area contributed by atoms with Gasteiger partial charge in [-0.3, -0.25) is 9.52 Å². The lowest BCUT2D eigenvalue weighted by Gasteiger charge is -2.15. The van der Waals surface area contributed by atoms with Gasteiger partial charge in [0.25, 0.3) is 15.9 Å². The molecule has 1 amide bonds. The molecule has 0 bridgehead atoms. The summed E-state index contributed by atoms with van der Waals surface area (Å²) in [4.78, 5) is 16.3. The Morgan fingerprint density at radius 2 is 1.86 bits per heavy atom. The maximum absolute atomic E-state index is 12.4. The fraction of sp³-hybridized carbons (Fsp3) is 0.158. The maximum Gasteiger partial charge on any atom is 0.265 e. The molecular formula is C19H19N3O5S2. The highest BCUT2D eigenvalue weighted by molar-refractivity contribution is 7.93. The Balaban J connectivity index is 1.61. The Bertz CT molecular complexity index is 1070. The van der Waals surface area contributed by atoms with E-state index in [-0.39, 0.29) is 15.9 Å². The van der Waals surface area contributed by atoms with Gasteiger partial charge in [0.05, 0.1) is 12.0 Å². The van der Waals surface area contributed by atoms with Gasteiger partial charge < -0.3 is 14.8 Å². The third-order valence-corrected chi connectivity index (χ3v) is 5.98. The zero-order valence-electron chi connectivity index (χ0n) is 15.7. The Morgan fingerprint density at radius 1 is 1.14 bits per heavy atom. The number of anilines is 2. The summed E-state index contributed by atoms with van der Waals surface area (Å²) in [5.74, 6) is 0.754. The van der Waals surface area contributed by atoms with Crippen molar-refractivity contribution in [2.45, 2.75) is 17.9 Å². The van der Waals surface area contributed by atoms with Crippen LogP contribution in [0.2, 0.25) is 0 Å². The molecular weight excluding hydrogens is 414 g/mol. The number of sulfonamides is 1. The molecule has 1 atom stereocenters. The predicted molar refractivity (Wildman–Crippen MR) is 111 cm³/mol. The van der Waals surface area contributed by atoms with Gasteiger partial charge in [-0.25, -0.2) is 13.4 Å². The monoisotopic (exact) mass is 433 g/mol. The predicted octanol–water partition coefficient (Wildman–Crippen LogP) is 3.36. The van der Waals surface area contributed by atoms with Crippen molar-refractivity contribution in [2.24, 2.45) is 0 Å². The summed E-state index contributed by atoms with van der Waals surface area (Å²) >= 11 is 1.18. The van der Waals surface area contributed by atoms with Crippen molar-refractivity contribution in [3.63, 3.8) is 0 Å². The second-order valence-electron chi connectivity index (χ2n) is 5.90. The summed E-state index contributed by atoms with van der Waals surface area (Å²) in [5.41, 5.74) is 0.448. The van der Waals surface area contributed by atoms with Gasteiger partial charge in [0.2, 0.25) is 0 Å². The third-order valence-electron chi connectivity index (χ3n) is 3.81. The maximum atomic E-state index is 12.4. The van der Waals surface area contributed by atoms with Gasteiger partial charge in [-0.2, -0.15) is 0 Å². The van der Waals surface area contributed by atoms with Crippen LogP contribution in [0.15, 0.2) is 65.0 Å². The van der Waals surface area contributed by atoms with Crippen molar-refractivity contribution in [1.29, 1.82) is 0 Å². The van der Waals surface area contributed by atoms with E-state index in [2.05, 4.69) is 15.0 Å². The highest BCUT2D eigenvalue weighted by Gasteiger charge is 2.18. The molecule has 1 aromatic heterocycles. The zero-order chi connectivity index (χ0) is 20.9. The van der Waals surface area contributed by atoms with Crippen LogP contribution in [0.25, 0.3) is 0 Å². The second kappa shape index (κ2) is 8.93. The lowest BCUT2D eigenvalue weighted by Crippen LogP contribution is -2.30. The highest BCUT2D eigenvalue weighted by Crippen LogP contribution is 2.21. The average Bonchev–Trinajstić information content (AvgIpc) is 3.20. The molecule has 0 spiro atoms. The second-order valence-corrected chi connectivity index (χ2v) is 8.47. The molecule has 0 aliphatic carbocycles. The lowest BCUT2D eigenvalue weighted by atomic mass is 10.3. The van der Waals surface area contributed by atoms with Gasteiger partial charge in [0.1, 0.15) is 11.5 Å². The number of thiazole rings is 1. The molecule has 0 saturated heterocycles. The summed E-state index contributed by atoms with van der Waals surface area (Å²) in [7, 11) is -2.20. The summed E-state index contributed by atoms with van der Waals surface area (Å²) < 4.78 is 37.8. The fourth-order valence-corrected chi connectivity index (χ4v) is 4.13. The summed E-state index contributed by atoms with van der Waals surface area (Å²) in [6.07, 6.45) is 0.743. The van der Waals surface area contributed by atoms with E-state index in [9.17, 15) is 13.2 Å². The third kappa shape index (κ3) is 5.46. The number of nitrogens with one attached hydrogen (secondary N) is 2. The first kappa shape index (κ1) is 20.6. The molecule has 0 saturated carbocycles. The molecule has 0 aliphatic rings. The van der Waals surface area contributed by atoms with Gasteiger partial charge in [-0.15, -0.1) is 11.3 Å². The number of rotatable bonds is 8. The van der Waals surface area contributed by atoms with Crippen LogP contribution < -0.4 is 19.5 Å². The number of aromatic nitrogens is 1. The molecule has 1 heterocycles. The molecule has 0 aliphatic heterocycles. The first-order valence-corrected chi connectivity index (χ1v) is 10.9. The number of nitrogens with zero attached hydrogens (tertiary/aromatic N) is 1. The van der Waals surface area contributed by atoms with Gasteiger partial charge in [0, 0.05) is 23.3 Å². The SMILES string of the molecule is COc1cccc(O[C@H](C)C(=O)Nc2ccc(S(=O)(=O)Nc3nccs3)cc2)c1. The number of carbonyl (C=O) groups is 1. The van der Waals surface area contributed by atoms with E-state index in [1.807, 2.05) is 0 Å². The van der Waals surface area contributed by atoms with Crippen LogP contribution in [0, 0.1) is 0 Å². The van der Waals surface area contributed by atoms with Gasteiger partial charge in [-0.05, 0) is 43.3 Å². The van der Waals surface area contributed by atoms with Crippen molar-refractivity contribution in [2.75, 3.05) is 17.1 Å². The first-order chi connectivity index (χ1) is 13.9. The Morgan fingerprint density at radius 3 is 2.52 bits per heavy atom. The smallest absolute Gasteiger partial charge is 0.265 e. The van der Waals surface area contributed by atoms with Crippen LogP contribution in [0.5, 0.6) is 11.5 Å². The molecule has 0 unspecified atom stereocenters. The van der Waals surface area contributed by atoms with E-state index in [4.69, 9.17) is 9.47 Å². The van der Waals surface area contributed by atoms with Gasteiger partial charge in [-0.1, -0.05) is 6.07 Å². The molecule has 0 fully saturated rings. The van der Waals surface area contributed by atoms with Crippen molar-refractivity contribution in [3.8, 4) is 11.5 Å². The summed E-state index contributed by atoms with van der Waals surface area (Å²) in [5, 5.41) is 4.65. The number of benzene rings is 2. The average molecular weight is 434 g/mol. The quantitative estimate of drug-likeness (QED) is 0.564. The number of ether oxygens (including phenoxy) is 2. The number of hydrogen-bond donors (Lipinski definition) is 2. The largest absolute Gasteiger partial charge is 0.497 e. The van der Waals surface area contributed by atoms with Crippen LogP contribution in [0.4, 0.5) is 10.8 Å². The first-order valence-electron chi connectivity index (χ1n) is 8.51. The standard InChI is InChI=1S/C19H19N3O5S2/c1-13(27-16-5-3-4-15(12-16)26-2)18(23)21-14-6-8-17(9-7-14)29(24,25)22-19-20-10-11-28-19/h3-13H,1-2H3,(H,20,22)(H,21,23)/t13-/m1/s1. The Hall–Kier alpha value is -3.11. The molecule has 2 N–H and O–H groups in total. The van der Waals surface area contributed by atoms with Crippen molar-refractivity contribution >= 4 is 38.1 Å². The molecule has 8 nitrogen and oxygen atoms in total. The Labute approximate surface area is 172 Å². The number of methoxy groups -OCH3 is 1. The number of hydrogen-bond acceptors (Lipinski definition) is 7. The lowest BCUT2D eigenvalue weighted by molar-refractivity contribution is -0.122. The van der Waals surface area contributed by atoms with Crippen molar-refractivity contribution in [3.05, 3.63) is 60.1 Å². The zero-order valence-corrected chi connectivity index (χ0v) is 17.3. The van der Waals surface area contributed by atoms with Crippen LogP contribution in [-0.4, -0.2) is 32.5 Å². The van der Waals surface area contributed by atoms with E-state index < -0.39 is 16.1 Å². The van der Waals surface area contributed by atoms with Crippen LogP contribution in [0.3, 0.4) is 0 Å². The molecule has 2 aromatic carbocycles. The van der Waals surface area contributed by atoms with E-state index in [0.717, 1.165) is 0 Å². The minimum Gasteiger partial charge on any atom is -0.497 e. The van der Waals surface area contributed by atoms with Gasteiger partial charge >= 0.3 is 0 Å². The molecule has 3 rings (SSSR count). The number of amides is 1. The minimum absolute atomic E-state index is 0.0615. The fourth-order valence-electron chi connectivity index (χ4n) is 2.34. The summed E-state index contributed by atoms with van der Waals surface area (Å²) in [6, 6.07) is 12.8. The van der Waals surface area contributed by atoms with Gasteiger partial charge in [0.15, 0.2) is 11.2 Å². The minimum atomic E-state index is -3.74. The summed E-state index contributed by atoms with van der Waals surface area (Å²) in [6.45, 7) is 1.62. The molecule has 152 valence electrons. The van der Waals surface area contributed by atoms with Crippen LogP contribution in [0.1, 0.15) is 6.92 Å². The highest BCUT2D eigenvalue weighted by atomic mass is 32.2. The van der Waals surface area contributed by atoms with E-state index >= 15 is 0 Å². The van der Waals surface area contributed by atoms with Crippen LogP contribution >= 0.6 is 11.3 Å². The van der Waals surface area contributed by atoms with Crippen molar-refractivity contribution < 1.29 is 22.7 Å².